The molecule has 1 fully saturated rings. The molecule has 0 radical (unpaired) electrons. The van der Waals surface area contributed by atoms with Gasteiger partial charge in [-0.1, -0.05) is 20.8 Å². The highest BCUT2D eigenvalue weighted by molar-refractivity contribution is 4.80. The fourth-order valence-corrected chi connectivity index (χ4v) is 2.83. The van der Waals surface area contributed by atoms with Gasteiger partial charge in [0.1, 0.15) is 0 Å². The summed E-state index contributed by atoms with van der Waals surface area (Å²) >= 11 is 0. The Morgan fingerprint density at radius 1 is 1.00 bits per heavy atom. The molecular weight excluding hydrogens is 160 g/mol. The van der Waals surface area contributed by atoms with Crippen molar-refractivity contribution in [1.82, 2.24) is 0 Å². The Bertz CT molecular complexity index is 143. The second-order valence-corrected chi connectivity index (χ2v) is 5.28. The van der Waals surface area contributed by atoms with Crippen molar-refractivity contribution in [1.29, 1.82) is 0 Å². The normalized spacial score (nSPS) is 39.9. The maximum Gasteiger partial charge on any atom is 0.0540 e. The first-order valence-corrected chi connectivity index (χ1v) is 5.68. The lowest BCUT2D eigenvalue weighted by Gasteiger charge is -2.36. The van der Waals surface area contributed by atoms with Gasteiger partial charge in [0.15, 0.2) is 0 Å². The van der Waals surface area contributed by atoms with E-state index in [1.165, 1.54) is 19.3 Å². The van der Waals surface area contributed by atoms with Crippen molar-refractivity contribution in [2.75, 3.05) is 0 Å². The van der Waals surface area contributed by atoms with Crippen LogP contribution in [0.5, 0.6) is 0 Å². The summed E-state index contributed by atoms with van der Waals surface area (Å²) in [7, 11) is 0. The Labute approximate surface area is 82.5 Å². The second kappa shape index (κ2) is 4.45. The number of rotatable bonds is 2. The largest absolute Gasteiger partial charge is 0.393 e. The molecule has 1 aliphatic rings. The van der Waals surface area contributed by atoms with Crippen molar-refractivity contribution in [3.8, 4) is 0 Å². The zero-order chi connectivity index (χ0) is 10.0. The van der Waals surface area contributed by atoms with Crippen LogP contribution in [-0.4, -0.2) is 11.2 Å². The van der Waals surface area contributed by atoms with Crippen LogP contribution in [-0.2, 0) is 0 Å². The second-order valence-electron chi connectivity index (χ2n) is 5.28. The fourth-order valence-electron chi connectivity index (χ4n) is 2.83. The van der Waals surface area contributed by atoms with E-state index in [0.29, 0.717) is 5.92 Å². The summed E-state index contributed by atoms with van der Waals surface area (Å²) in [4.78, 5) is 0. The molecule has 1 saturated carbocycles. The lowest BCUT2D eigenvalue weighted by Crippen LogP contribution is -2.29. The molecule has 1 aliphatic carbocycles. The molecule has 0 saturated heterocycles. The SMILES string of the molecule is CC1CC(C)CC(C(C)C(C)O)C1. The monoisotopic (exact) mass is 184 g/mol. The van der Waals surface area contributed by atoms with Gasteiger partial charge in [0, 0.05) is 0 Å². The highest BCUT2D eigenvalue weighted by Crippen LogP contribution is 2.37. The maximum atomic E-state index is 9.55. The summed E-state index contributed by atoms with van der Waals surface area (Å²) in [6, 6.07) is 0. The Morgan fingerprint density at radius 2 is 1.46 bits per heavy atom. The molecule has 1 heteroatoms. The van der Waals surface area contributed by atoms with Gasteiger partial charge < -0.3 is 5.11 Å². The van der Waals surface area contributed by atoms with E-state index in [9.17, 15) is 5.11 Å². The molecule has 0 aliphatic heterocycles. The van der Waals surface area contributed by atoms with E-state index < -0.39 is 0 Å². The molecule has 0 aromatic heterocycles. The third-order valence-corrected chi connectivity index (χ3v) is 3.72. The summed E-state index contributed by atoms with van der Waals surface area (Å²) in [5.74, 6) is 2.94. The molecule has 0 bridgehead atoms. The van der Waals surface area contributed by atoms with Crippen LogP contribution in [0.15, 0.2) is 0 Å². The minimum Gasteiger partial charge on any atom is -0.393 e. The van der Waals surface area contributed by atoms with Gasteiger partial charge in [0.2, 0.25) is 0 Å². The van der Waals surface area contributed by atoms with Crippen molar-refractivity contribution in [3.05, 3.63) is 0 Å². The molecule has 1 N–H and O–H groups in total. The first kappa shape index (κ1) is 11.0. The van der Waals surface area contributed by atoms with Gasteiger partial charge in [-0.2, -0.15) is 0 Å². The molecule has 0 amide bonds. The summed E-state index contributed by atoms with van der Waals surface area (Å²) in [5.41, 5.74) is 0. The van der Waals surface area contributed by atoms with E-state index in [4.69, 9.17) is 0 Å². The summed E-state index contributed by atoms with van der Waals surface area (Å²) < 4.78 is 0. The maximum absolute atomic E-state index is 9.55. The highest BCUT2D eigenvalue weighted by Gasteiger charge is 2.29. The lowest BCUT2D eigenvalue weighted by atomic mass is 9.71. The predicted octanol–water partition coefficient (Wildman–Crippen LogP) is 3.08. The minimum absolute atomic E-state index is 0.137. The van der Waals surface area contributed by atoms with Crippen molar-refractivity contribution in [3.63, 3.8) is 0 Å². The quantitative estimate of drug-likeness (QED) is 0.699. The molecule has 0 spiro atoms. The molecule has 4 unspecified atom stereocenters. The van der Waals surface area contributed by atoms with E-state index in [1.54, 1.807) is 0 Å². The third-order valence-electron chi connectivity index (χ3n) is 3.72. The Kier molecular flexibility index (Phi) is 3.78. The Balaban J connectivity index is 2.49. The van der Waals surface area contributed by atoms with Gasteiger partial charge in [0.25, 0.3) is 0 Å². The van der Waals surface area contributed by atoms with Gasteiger partial charge in [-0.25, -0.2) is 0 Å². The molecule has 4 atom stereocenters. The zero-order valence-electron chi connectivity index (χ0n) is 9.46. The average molecular weight is 184 g/mol. The molecule has 78 valence electrons. The van der Waals surface area contributed by atoms with Crippen LogP contribution in [0.2, 0.25) is 0 Å². The summed E-state index contributed by atoms with van der Waals surface area (Å²) in [6.45, 7) is 8.81. The first-order valence-electron chi connectivity index (χ1n) is 5.68. The molecule has 13 heavy (non-hydrogen) atoms. The molecular formula is C12H24O. The van der Waals surface area contributed by atoms with Crippen molar-refractivity contribution >= 4 is 0 Å². The van der Waals surface area contributed by atoms with E-state index in [1.807, 2.05) is 6.92 Å². The van der Waals surface area contributed by atoms with Crippen LogP contribution >= 0.6 is 0 Å². The van der Waals surface area contributed by atoms with Gasteiger partial charge in [-0.15, -0.1) is 0 Å². The number of hydrogen-bond donors (Lipinski definition) is 1. The summed E-state index contributed by atoms with van der Waals surface area (Å²) in [5, 5.41) is 9.55. The van der Waals surface area contributed by atoms with Gasteiger partial charge >= 0.3 is 0 Å². The lowest BCUT2D eigenvalue weighted by molar-refractivity contribution is 0.0618. The fraction of sp³-hybridized carbons (Fsp3) is 1.00. The Hall–Kier alpha value is -0.0400. The van der Waals surface area contributed by atoms with Gasteiger partial charge in [-0.05, 0) is 49.9 Å². The number of aliphatic hydroxyl groups is 1. The van der Waals surface area contributed by atoms with E-state index in [2.05, 4.69) is 20.8 Å². The van der Waals surface area contributed by atoms with Gasteiger partial charge in [0.05, 0.1) is 6.10 Å². The van der Waals surface area contributed by atoms with Crippen LogP contribution in [0.4, 0.5) is 0 Å². The molecule has 0 aromatic carbocycles. The summed E-state index contributed by atoms with van der Waals surface area (Å²) in [6.07, 6.45) is 3.87. The molecule has 1 rings (SSSR count). The highest BCUT2D eigenvalue weighted by atomic mass is 16.3. The topological polar surface area (TPSA) is 20.2 Å². The number of aliphatic hydroxyl groups excluding tert-OH is 1. The molecule has 0 aromatic rings. The van der Waals surface area contributed by atoms with Crippen molar-refractivity contribution < 1.29 is 5.11 Å². The van der Waals surface area contributed by atoms with E-state index in [-0.39, 0.29) is 6.10 Å². The van der Waals surface area contributed by atoms with Crippen molar-refractivity contribution in [2.24, 2.45) is 23.7 Å². The van der Waals surface area contributed by atoms with Crippen LogP contribution in [0.1, 0.15) is 47.0 Å². The molecule has 1 nitrogen and oxygen atoms in total. The van der Waals surface area contributed by atoms with Crippen LogP contribution in [0.3, 0.4) is 0 Å². The Morgan fingerprint density at radius 3 is 1.85 bits per heavy atom. The van der Waals surface area contributed by atoms with Crippen LogP contribution < -0.4 is 0 Å². The predicted molar refractivity (Wildman–Crippen MR) is 56.5 cm³/mol. The van der Waals surface area contributed by atoms with Crippen LogP contribution in [0, 0.1) is 23.7 Å². The first-order chi connectivity index (χ1) is 6.00. The van der Waals surface area contributed by atoms with Crippen molar-refractivity contribution in [2.45, 2.75) is 53.1 Å². The smallest absolute Gasteiger partial charge is 0.0540 e. The standard InChI is InChI=1S/C12H24O/c1-8-5-9(2)7-12(6-8)10(3)11(4)13/h8-13H,5-7H2,1-4H3. The van der Waals surface area contributed by atoms with Crippen LogP contribution in [0.25, 0.3) is 0 Å². The van der Waals surface area contributed by atoms with Gasteiger partial charge in [-0.3, -0.25) is 0 Å². The third kappa shape index (κ3) is 2.98. The van der Waals surface area contributed by atoms with E-state index in [0.717, 1.165) is 17.8 Å². The average Bonchev–Trinajstić information content (AvgIpc) is 2.01. The number of hydrogen-bond acceptors (Lipinski definition) is 1. The molecule has 0 heterocycles. The van der Waals surface area contributed by atoms with E-state index >= 15 is 0 Å². The zero-order valence-corrected chi connectivity index (χ0v) is 9.46. The minimum atomic E-state index is -0.137.